The van der Waals surface area contributed by atoms with Gasteiger partial charge in [-0.2, -0.15) is 0 Å². The summed E-state index contributed by atoms with van der Waals surface area (Å²) in [5.74, 6) is -0.601. The van der Waals surface area contributed by atoms with Crippen LogP contribution in [0.15, 0.2) is 18.3 Å². The highest BCUT2D eigenvalue weighted by molar-refractivity contribution is 5.95. The highest BCUT2D eigenvalue weighted by Crippen LogP contribution is 2.30. The van der Waals surface area contributed by atoms with Crippen molar-refractivity contribution in [1.29, 1.82) is 0 Å². The molecule has 0 unspecified atom stereocenters. The van der Waals surface area contributed by atoms with Crippen LogP contribution in [0.2, 0.25) is 0 Å². The average Bonchev–Trinajstić information content (AvgIpc) is 3.21. The van der Waals surface area contributed by atoms with Crippen LogP contribution >= 0.6 is 0 Å². The van der Waals surface area contributed by atoms with Crippen molar-refractivity contribution in [3.05, 3.63) is 29.6 Å². The zero-order valence-corrected chi connectivity index (χ0v) is 11.0. The molecule has 0 saturated heterocycles. The van der Waals surface area contributed by atoms with Gasteiger partial charge in [0.05, 0.1) is 5.56 Å². The molecule has 0 spiro atoms. The molecule has 0 aromatic carbocycles. The van der Waals surface area contributed by atoms with E-state index in [1.807, 2.05) is 6.92 Å². The standard InChI is InChI=1S/C14H18N2O3/c1-2-7-16(9-10-3-4-10)13(17)12-8-11(14(18)19)5-6-15-12/h5-6,8,10H,2-4,7,9H2,1H3,(H,18,19). The van der Waals surface area contributed by atoms with E-state index in [0.717, 1.165) is 13.0 Å². The van der Waals surface area contributed by atoms with Gasteiger partial charge in [-0.3, -0.25) is 9.78 Å². The fourth-order valence-corrected chi connectivity index (χ4v) is 2.00. The quantitative estimate of drug-likeness (QED) is 0.851. The van der Waals surface area contributed by atoms with Gasteiger partial charge in [-0.1, -0.05) is 6.92 Å². The van der Waals surface area contributed by atoms with E-state index in [-0.39, 0.29) is 17.2 Å². The van der Waals surface area contributed by atoms with Gasteiger partial charge in [-0.25, -0.2) is 4.79 Å². The first kappa shape index (κ1) is 13.5. The molecule has 1 heterocycles. The maximum atomic E-state index is 12.3. The molecule has 1 aliphatic rings. The molecule has 1 amide bonds. The van der Waals surface area contributed by atoms with Gasteiger partial charge in [0.2, 0.25) is 0 Å². The summed E-state index contributed by atoms with van der Waals surface area (Å²) in [5.41, 5.74) is 0.315. The van der Waals surface area contributed by atoms with Gasteiger partial charge >= 0.3 is 5.97 Å². The van der Waals surface area contributed by atoms with Crippen LogP contribution in [0.5, 0.6) is 0 Å². The minimum Gasteiger partial charge on any atom is -0.478 e. The Morgan fingerprint density at radius 3 is 2.79 bits per heavy atom. The summed E-state index contributed by atoms with van der Waals surface area (Å²) < 4.78 is 0. The number of hydrogen-bond acceptors (Lipinski definition) is 3. The van der Waals surface area contributed by atoms with Crippen LogP contribution in [0, 0.1) is 5.92 Å². The Morgan fingerprint density at radius 1 is 1.47 bits per heavy atom. The summed E-state index contributed by atoms with van der Waals surface area (Å²) in [5, 5.41) is 8.94. The van der Waals surface area contributed by atoms with Crippen molar-refractivity contribution >= 4 is 11.9 Å². The first-order valence-electron chi connectivity index (χ1n) is 6.60. The summed E-state index contributed by atoms with van der Waals surface area (Å²) >= 11 is 0. The topological polar surface area (TPSA) is 70.5 Å². The average molecular weight is 262 g/mol. The van der Waals surface area contributed by atoms with Crippen LogP contribution in [0.4, 0.5) is 0 Å². The number of carbonyl (C=O) groups is 2. The minimum absolute atomic E-state index is 0.0984. The summed E-state index contributed by atoms with van der Waals surface area (Å²) in [4.78, 5) is 29.0. The molecule has 1 N–H and O–H groups in total. The predicted molar refractivity (Wildman–Crippen MR) is 70.1 cm³/mol. The number of aromatic carboxylic acids is 1. The molecular weight excluding hydrogens is 244 g/mol. The highest BCUT2D eigenvalue weighted by Gasteiger charge is 2.27. The summed E-state index contributed by atoms with van der Waals surface area (Å²) in [6.45, 7) is 3.47. The lowest BCUT2D eigenvalue weighted by Crippen LogP contribution is -2.34. The summed E-state index contributed by atoms with van der Waals surface area (Å²) in [6.07, 6.45) is 4.61. The zero-order chi connectivity index (χ0) is 13.8. The Balaban J connectivity index is 2.14. The van der Waals surface area contributed by atoms with Crippen molar-refractivity contribution in [3.63, 3.8) is 0 Å². The van der Waals surface area contributed by atoms with Gasteiger partial charge in [0.15, 0.2) is 0 Å². The fraction of sp³-hybridized carbons (Fsp3) is 0.500. The van der Waals surface area contributed by atoms with E-state index in [1.54, 1.807) is 4.90 Å². The number of carboxylic acids is 1. The van der Waals surface area contributed by atoms with Crippen molar-refractivity contribution in [2.75, 3.05) is 13.1 Å². The van der Waals surface area contributed by atoms with Crippen molar-refractivity contribution < 1.29 is 14.7 Å². The van der Waals surface area contributed by atoms with E-state index >= 15 is 0 Å². The van der Waals surface area contributed by atoms with Crippen LogP contribution in [-0.2, 0) is 0 Å². The molecule has 1 aromatic heterocycles. The van der Waals surface area contributed by atoms with Gasteiger partial charge in [0.1, 0.15) is 5.69 Å². The zero-order valence-electron chi connectivity index (χ0n) is 11.0. The van der Waals surface area contributed by atoms with Crippen molar-refractivity contribution in [2.24, 2.45) is 5.92 Å². The van der Waals surface area contributed by atoms with Gasteiger partial charge in [-0.15, -0.1) is 0 Å². The third kappa shape index (κ3) is 3.53. The molecule has 0 aliphatic heterocycles. The van der Waals surface area contributed by atoms with Crippen LogP contribution in [0.25, 0.3) is 0 Å². The Kier molecular flexibility index (Phi) is 4.14. The van der Waals surface area contributed by atoms with E-state index in [0.29, 0.717) is 12.5 Å². The lowest BCUT2D eigenvalue weighted by Gasteiger charge is -2.21. The number of rotatable bonds is 6. The van der Waals surface area contributed by atoms with E-state index in [2.05, 4.69) is 4.98 Å². The van der Waals surface area contributed by atoms with Crippen molar-refractivity contribution in [3.8, 4) is 0 Å². The monoisotopic (exact) mass is 262 g/mol. The second-order valence-corrected chi connectivity index (χ2v) is 4.93. The van der Waals surface area contributed by atoms with Crippen molar-refractivity contribution in [2.45, 2.75) is 26.2 Å². The van der Waals surface area contributed by atoms with Crippen molar-refractivity contribution in [1.82, 2.24) is 9.88 Å². The molecule has 19 heavy (non-hydrogen) atoms. The number of pyridine rings is 1. The third-order valence-corrected chi connectivity index (χ3v) is 3.18. The van der Waals surface area contributed by atoms with E-state index in [1.165, 1.54) is 31.2 Å². The molecule has 0 radical (unpaired) electrons. The first-order valence-corrected chi connectivity index (χ1v) is 6.60. The Bertz CT molecular complexity index is 483. The molecular formula is C14H18N2O3. The highest BCUT2D eigenvalue weighted by atomic mass is 16.4. The Hall–Kier alpha value is -1.91. The van der Waals surface area contributed by atoms with Gasteiger partial charge in [0.25, 0.3) is 5.91 Å². The number of hydrogen-bond donors (Lipinski definition) is 1. The van der Waals surface area contributed by atoms with E-state index in [4.69, 9.17) is 5.11 Å². The predicted octanol–water partition coefficient (Wildman–Crippen LogP) is 2.04. The van der Waals surface area contributed by atoms with Gasteiger partial charge in [0, 0.05) is 19.3 Å². The lowest BCUT2D eigenvalue weighted by atomic mass is 10.2. The molecule has 1 aliphatic carbocycles. The molecule has 5 nitrogen and oxygen atoms in total. The van der Waals surface area contributed by atoms with Gasteiger partial charge in [-0.05, 0) is 37.3 Å². The smallest absolute Gasteiger partial charge is 0.335 e. The minimum atomic E-state index is -1.04. The SMILES string of the molecule is CCCN(CC1CC1)C(=O)c1cc(C(=O)O)ccn1. The van der Waals surface area contributed by atoms with E-state index in [9.17, 15) is 9.59 Å². The molecule has 1 aromatic rings. The molecule has 0 atom stereocenters. The molecule has 1 fully saturated rings. The molecule has 102 valence electrons. The third-order valence-electron chi connectivity index (χ3n) is 3.18. The molecule has 5 heteroatoms. The molecule has 2 rings (SSSR count). The van der Waals surface area contributed by atoms with Crippen LogP contribution < -0.4 is 0 Å². The second kappa shape index (κ2) is 5.82. The maximum absolute atomic E-state index is 12.3. The Labute approximate surface area is 112 Å². The first-order chi connectivity index (χ1) is 9.11. The number of nitrogens with zero attached hydrogens (tertiary/aromatic N) is 2. The fourth-order valence-electron chi connectivity index (χ4n) is 2.00. The molecule has 1 saturated carbocycles. The summed E-state index contributed by atoms with van der Waals surface area (Å²) in [6, 6.07) is 2.74. The second-order valence-electron chi connectivity index (χ2n) is 4.93. The summed E-state index contributed by atoms with van der Waals surface area (Å²) in [7, 11) is 0. The van der Waals surface area contributed by atoms with E-state index < -0.39 is 5.97 Å². The van der Waals surface area contributed by atoms with Crippen LogP contribution in [-0.4, -0.2) is 40.0 Å². The number of carboxylic acid groups (broad SMARTS) is 1. The number of carbonyl (C=O) groups excluding carboxylic acids is 1. The number of aromatic nitrogens is 1. The normalized spacial score (nSPS) is 14.2. The lowest BCUT2D eigenvalue weighted by molar-refractivity contribution is 0.0696. The largest absolute Gasteiger partial charge is 0.478 e. The Morgan fingerprint density at radius 2 is 2.21 bits per heavy atom. The van der Waals surface area contributed by atoms with Gasteiger partial charge < -0.3 is 10.0 Å². The maximum Gasteiger partial charge on any atom is 0.335 e. The molecule has 0 bridgehead atoms. The number of amides is 1. The van der Waals surface area contributed by atoms with Crippen LogP contribution in [0.3, 0.4) is 0 Å². The van der Waals surface area contributed by atoms with Crippen LogP contribution in [0.1, 0.15) is 47.0 Å².